The van der Waals surface area contributed by atoms with E-state index in [0.29, 0.717) is 0 Å². The molecule has 2 heteroatoms. The zero-order valence-corrected chi connectivity index (χ0v) is 6.52. The summed E-state index contributed by atoms with van der Waals surface area (Å²) in [7, 11) is 0. The van der Waals surface area contributed by atoms with Gasteiger partial charge in [0, 0.05) is 4.88 Å². The summed E-state index contributed by atoms with van der Waals surface area (Å²) in [5.74, 6) is 0. The van der Waals surface area contributed by atoms with E-state index in [0.717, 1.165) is 16.7 Å². The van der Waals surface area contributed by atoms with Crippen LogP contribution >= 0.6 is 11.3 Å². The van der Waals surface area contributed by atoms with Crippen LogP contribution in [-0.2, 0) is 4.79 Å². The first-order chi connectivity index (χ1) is 4.84. The first-order valence-electron chi connectivity index (χ1n) is 3.00. The molecule has 0 spiro atoms. The van der Waals surface area contributed by atoms with Crippen molar-refractivity contribution in [3.63, 3.8) is 0 Å². The Balaban J connectivity index is 2.86. The molecule has 0 aliphatic rings. The minimum atomic E-state index is 0.815. The monoisotopic (exact) mass is 152 g/mol. The van der Waals surface area contributed by atoms with Crippen molar-refractivity contribution in [3.05, 3.63) is 28.5 Å². The van der Waals surface area contributed by atoms with Gasteiger partial charge in [0.1, 0.15) is 6.29 Å². The highest BCUT2D eigenvalue weighted by Crippen LogP contribution is 2.18. The van der Waals surface area contributed by atoms with Gasteiger partial charge in [-0.15, -0.1) is 11.3 Å². The predicted molar refractivity (Wildman–Crippen MR) is 44.0 cm³/mol. The average molecular weight is 152 g/mol. The summed E-state index contributed by atoms with van der Waals surface area (Å²) in [6.45, 7) is 1.93. The van der Waals surface area contributed by atoms with E-state index >= 15 is 0 Å². The zero-order chi connectivity index (χ0) is 7.40. The third-order valence-electron chi connectivity index (χ3n) is 1.23. The second-order valence-electron chi connectivity index (χ2n) is 1.96. The summed E-state index contributed by atoms with van der Waals surface area (Å²) in [6, 6.07) is 3.97. The Bertz CT molecular complexity index is 234. The fourth-order valence-electron chi connectivity index (χ4n) is 0.687. The van der Waals surface area contributed by atoms with Crippen LogP contribution in [0.1, 0.15) is 11.8 Å². The number of rotatable bonds is 2. The molecule has 0 aliphatic heterocycles. The number of carbonyl (C=O) groups excluding carboxylic acids is 1. The Kier molecular flexibility index (Phi) is 2.40. The molecule has 0 fully saturated rings. The largest absolute Gasteiger partial charge is 0.299 e. The van der Waals surface area contributed by atoms with Gasteiger partial charge in [-0.3, -0.25) is 4.79 Å². The van der Waals surface area contributed by atoms with Crippen molar-refractivity contribution >= 4 is 23.2 Å². The third kappa shape index (κ3) is 1.54. The van der Waals surface area contributed by atoms with E-state index < -0.39 is 0 Å². The van der Waals surface area contributed by atoms with Gasteiger partial charge in [-0.25, -0.2) is 0 Å². The molecule has 0 saturated heterocycles. The number of allylic oxidation sites excluding steroid dienone is 2. The maximum atomic E-state index is 10.0. The lowest BCUT2D eigenvalue weighted by atomic mass is 10.2. The van der Waals surface area contributed by atoms with Crippen molar-refractivity contribution in [2.75, 3.05) is 0 Å². The Labute approximate surface area is 64.0 Å². The normalized spacial score (nSPS) is 11.5. The Hall–Kier alpha value is -0.890. The lowest BCUT2D eigenvalue weighted by molar-refractivity contribution is -0.104. The van der Waals surface area contributed by atoms with Gasteiger partial charge in [0.15, 0.2) is 0 Å². The van der Waals surface area contributed by atoms with Gasteiger partial charge in [-0.1, -0.05) is 6.07 Å². The SMILES string of the molecule is CC(=CC=O)c1cccs1. The lowest BCUT2D eigenvalue weighted by Crippen LogP contribution is -1.70. The van der Waals surface area contributed by atoms with Crippen molar-refractivity contribution in [2.45, 2.75) is 6.92 Å². The number of thiophene rings is 1. The molecular weight excluding hydrogens is 144 g/mol. The van der Waals surface area contributed by atoms with Crippen LogP contribution in [0, 0.1) is 0 Å². The zero-order valence-electron chi connectivity index (χ0n) is 5.70. The molecule has 0 saturated carbocycles. The van der Waals surface area contributed by atoms with Crippen molar-refractivity contribution in [3.8, 4) is 0 Å². The van der Waals surface area contributed by atoms with Gasteiger partial charge in [0.25, 0.3) is 0 Å². The molecule has 1 nitrogen and oxygen atoms in total. The van der Waals surface area contributed by atoms with Crippen LogP contribution in [0.15, 0.2) is 23.6 Å². The van der Waals surface area contributed by atoms with Crippen LogP contribution in [0.3, 0.4) is 0 Å². The van der Waals surface area contributed by atoms with Crippen molar-refractivity contribution in [1.29, 1.82) is 0 Å². The summed E-state index contributed by atoms with van der Waals surface area (Å²) in [5, 5.41) is 2.00. The van der Waals surface area contributed by atoms with Crippen LogP contribution in [0.4, 0.5) is 0 Å². The molecule has 52 valence electrons. The highest BCUT2D eigenvalue weighted by Gasteiger charge is 1.92. The Morgan fingerprint density at radius 1 is 1.70 bits per heavy atom. The second-order valence-corrected chi connectivity index (χ2v) is 2.91. The summed E-state index contributed by atoms with van der Waals surface area (Å²) in [5.41, 5.74) is 1.03. The minimum absolute atomic E-state index is 0.815. The van der Waals surface area contributed by atoms with Crippen molar-refractivity contribution < 1.29 is 4.79 Å². The smallest absolute Gasteiger partial charge is 0.143 e. The van der Waals surface area contributed by atoms with E-state index in [1.54, 1.807) is 17.4 Å². The van der Waals surface area contributed by atoms with Crippen LogP contribution in [0.5, 0.6) is 0 Å². The molecule has 0 atom stereocenters. The summed E-state index contributed by atoms with van der Waals surface area (Å²) in [4.78, 5) is 11.2. The number of carbonyl (C=O) groups is 1. The van der Waals surface area contributed by atoms with Crippen molar-refractivity contribution in [1.82, 2.24) is 0 Å². The van der Waals surface area contributed by atoms with Crippen LogP contribution < -0.4 is 0 Å². The quantitative estimate of drug-likeness (QED) is 0.469. The molecule has 0 amide bonds. The molecular formula is C8H8OS. The highest BCUT2D eigenvalue weighted by atomic mass is 32.1. The second kappa shape index (κ2) is 3.32. The topological polar surface area (TPSA) is 17.1 Å². The van der Waals surface area contributed by atoms with Crippen LogP contribution in [-0.4, -0.2) is 6.29 Å². The Morgan fingerprint density at radius 3 is 3.00 bits per heavy atom. The molecule has 0 aromatic carbocycles. The maximum absolute atomic E-state index is 10.0. The fourth-order valence-corrected chi connectivity index (χ4v) is 1.40. The summed E-state index contributed by atoms with van der Waals surface area (Å²) >= 11 is 1.64. The number of hydrogen-bond acceptors (Lipinski definition) is 2. The predicted octanol–water partition coefficient (Wildman–Crippen LogP) is 2.35. The van der Waals surface area contributed by atoms with Gasteiger partial charge >= 0.3 is 0 Å². The van der Waals surface area contributed by atoms with Gasteiger partial charge in [0.05, 0.1) is 0 Å². The molecule has 1 aromatic heterocycles. The van der Waals surface area contributed by atoms with Gasteiger partial charge in [-0.2, -0.15) is 0 Å². The minimum Gasteiger partial charge on any atom is -0.299 e. The molecule has 10 heavy (non-hydrogen) atoms. The van der Waals surface area contributed by atoms with E-state index in [1.165, 1.54) is 0 Å². The molecule has 1 heterocycles. The van der Waals surface area contributed by atoms with E-state index in [9.17, 15) is 4.79 Å². The third-order valence-corrected chi connectivity index (χ3v) is 2.23. The van der Waals surface area contributed by atoms with E-state index in [1.807, 2.05) is 24.4 Å². The van der Waals surface area contributed by atoms with Crippen LogP contribution in [0.2, 0.25) is 0 Å². The van der Waals surface area contributed by atoms with E-state index in [4.69, 9.17) is 0 Å². The molecule has 0 aliphatic carbocycles. The Morgan fingerprint density at radius 2 is 2.50 bits per heavy atom. The fraction of sp³-hybridized carbons (Fsp3) is 0.125. The van der Waals surface area contributed by atoms with Crippen LogP contribution in [0.25, 0.3) is 5.57 Å². The summed E-state index contributed by atoms with van der Waals surface area (Å²) < 4.78 is 0. The number of hydrogen-bond donors (Lipinski definition) is 0. The standard InChI is InChI=1S/C8H8OS/c1-7(4-5-9)8-3-2-6-10-8/h2-6H,1H3. The van der Waals surface area contributed by atoms with E-state index in [2.05, 4.69) is 0 Å². The molecule has 1 rings (SSSR count). The van der Waals surface area contributed by atoms with E-state index in [-0.39, 0.29) is 0 Å². The number of aldehydes is 1. The van der Waals surface area contributed by atoms with Crippen molar-refractivity contribution in [2.24, 2.45) is 0 Å². The lowest BCUT2D eigenvalue weighted by Gasteiger charge is -1.89. The maximum Gasteiger partial charge on any atom is 0.143 e. The molecule has 0 bridgehead atoms. The molecule has 0 N–H and O–H groups in total. The summed E-state index contributed by atoms with van der Waals surface area (Å²) in [6.07, 6.45) is 2.39. The van der Waals surface area contributed by atoms with Gasteiger partial charge in [0.2, 0.25) is 0 Å². The van der Waals surface area contributed by atoms with Gasteiger partial charge in [-0.05, 0) is 30.0 Å². The first kappa shape index (κ1) is 7.22. The molecule has 0 unspecified atom stereocenters. The first-order valence-corrected chi connectivity index (χ1v) is 3.88. The van der Waals surface area contributed by atoms with Gasteiger partial charge < -0.3 is 0 Å². The molecule has 1 aromatic rings. The average Bonchev–Trinajstić information content (AvgIpc) is 2.38. The highest BCUT2D eigenvalue weighted by molar-refractivity contribution is 7.11. The molecule has 0 radical (unpaired) electrons.